The lowest BCUT2D eigenvalue weighted by Crippen LogP contribution is -2.48. The summed E-state index contributed by atoms with van der Waals surface area (Å²) in [6, 6.07) is -1.68. The predicted octanol–water partition coefficient (Wildman–Crippen LogP) is 1.52. The van der Waals surface area contributed by atoms with Gasteiger partial charge in [-0.1, -0.05) is 13.0 Å². The van der Waals surface area contributed by atoms with Crippen LogP contribution in [0.3, 0.4) is 0 Å². The van der Waals surface area contributed by atoms with E-state index in [-0.39, 0.29) is 12.5 Å². The Kier molecular flexibility index (Phi) is 4.35. The number of aliphatic carboxylic acids is 1. The van der Waals surface area contributed by atoms with Gasteiger partial charge in [0, 0.05) is 17.3 Å². The molecular weight excluding hydrogens is 282 g/mol. The van der Waals surface area contributed by atoms with Gasteiger partial charge in [0.05, 0.1) is 17.8 Å². The van der Waals surface area contributed by atoms with Crippen LogP contribution in [0.4, 0.5) is 4.79 Å². The molecule has 0 bridgehead atoms. The van der Waals surface area contributed by atoms with Crippen molar-refractivity contribution in [1.29, 1.82) is 0 Å². The van der Waals surface area contributed by atoms with Gasteiger partial charge in [-0.2, -0.15) is 0 Å². The highest BCUT2D eigenvalue weighted by molar-refractivity contribution is 7.09. The fourth-order valence-corrected chi connectivity index (χ4v) is 3.01. The van der Waals surface area contributed by atoms with Gasteiger partial charge in [0.15, 0.2) is 6.04 Å². The molecule has 0 spiro atoms. The van der Waals surface area contributed by atoms with E-state index < -0.39 is 18.0 Å². The Morgan fingerprint density at radius 2 is 2.50 bits per heavy atom. The van der Waals surface area contributed by atoms with Crippen LogP contribution in [0.2, 0.25) is 0 Å². The van der Waals surface area contributed by atoms with Crippen molar-refractivity contribution in [3.8, 4) is 0 Å². The normalized spacial score (nSPS) is 21.1. The highest BCUT2D eigenvalue weighted by atomic mass is 32.1. The molecule has 1 aromatic heterocycles. The van der Waals surface area contributed by atoms with Gasteiger partial charge in [-0.3, -0.25) is 4.84 Å². The third kappa shape index (κ3) is 2.66. The maximum absolute atomic E-state index is 12.0. The minimum Gasteiger partial charge on any atom is -0.479 e. The molecule has 0 aliphatic carbocycles. The highest BCUT2D eigenvalue weighted by Crippen LogP contribution is 2.37. The van der Waals surface area contributed by atoms with E-state index in [1.807, 2.05) is 6.92 Å². The first-order valence-corrected chi connectivity index (χ1v) is 6.89. The summed E-state index contributed by atoms with van der Waals surface area (Å²) < 4.78 is 0. The maximum atomic E-state index is 12.0. The number of hydrogen-bond donors (Lipinski definition) is 2. The molecule has 108 valence electrons. The standard InChI is InChI=1S/C12H15N3O4S/c1-3-4-19-14-12(18)15-5-7(2)10-8(13-6-20-10)9(15)11(16)17/h3,6-7,9H,1,4-5H2,2H3,(H,14,18)(H,16,17)/t7-,9?/m0/s1. The Balaban J connectivity index is 2.22. The molecule has 0 fully saturated rings. The summed E-state index contributed by atoms with van der Waals surface area (Å²) in [6.07, 6.45) is 1.48. The van der Waals surface area contributed by atoms with Crippen molar-refractivity contribution in [3.63, 3.8) is 0 Å². The van der Waals surface area contributed by atoms with E-state index >= 15 is 0 Å². The van der Waals surface area contributed by atoms with E-state index in [0.717, 1.165) is 4.88 Å². The van der Waals surface area contributed by atoms with Gasteiger partial charge in [0.1, 0.15) is 0 Å². The number of fused-ring (bicyclic) bond motifs is 1. The average molecular weight is 297 g/mol. The van der Waals surface area contributed by atoms with Crippen molar-refractivity contribution in [3.05, 3.63) is 28.7 Å². The Morgan fingerprint density at radius 1 is 1.75 bits per heavy atom. The number of carboxylic acid groups (broad SMARTS) is 1. The zero-order chi connectivity index (χ0) is 14.7. The summed E-state index contributed by atoms with van der Waals surface area (Å²) in [5.41, 5.74) is 4.24. The molecule has 2 atom stereocenters. The monoisotopic (exact) mass is 297 g/mol. The van der Waals surface area contributed by atoms with Crippen molar-refractivity contribution in [2.75, 3.05) is 13.2 Å². The van der Waals surface area contributed by atoms with E-state index in [0.29, 0.717) is 12.2 Å². The second-order valence-corrected chi connectivity index (χ2v) is 5.29. The van der Waals surface area contributed by atoms with Gasteiger partial charge < -0.3 is 10.0 Å². The lowest BCUT2D eigenvalue weighted by molar-refractivity contribution is -0.143. The van der Waals surface area contributed by atoms with Crippen molar-refractivity contribution in [2.45, 2.75) is 18.9 Å². The third-order valence-electron chi connectivity index (χ3n) is 2.97. The molecule has 1 aliphatic heterocycles. The van der Waals surface area contributed by atoms with E-state index in [4.69, 9.17) is 4.84 Å². The van der Waals surface area contributed by atoms with Gasteiger partial charge in [-0.05, 0) is 0 Å². The fraction of sp³-hybridized carbons (Fsp3) is 0.417. The fourth-order valence-electron chi connectivity index (χ4n) is 2.14. The van der Waals surface area contributed by atoms with Crippen LogP contribution in [0.25, 0.3) is 0 Å². The van der Waals surface area contributed by atoms with E-state index in [9.17, 15) is 14.7 Å². The second-order valence-electron chi connectivity index (χ2n) is 4.40. The topological polar surface area (TPSA) is 91.8 Å². The molecule has 20 heavy (non-hydrogen) atoms. The highest BCUT2D eigenvalue weighted by Gasteiger charge is 2.40. The molecule has 0 saturated carbocycles. The van der Waals surface area contributed by atoms with Crippen LogP contribution in [0.1, 0.15) is 29.5 Å². The molecule has 7 nitrogen and oxygen atoms in total. The first-order chi connectivity index (χ1) is 9.56. The summed E-state index contributed by atoms with van der Waals surface area (Å²) >= 11 is 1.41. The number of nitrogens with one attached hydrogen (secondary N) is 1. The number of nitrogens with zero attached hydrogens (tertiary/aromatic N) is 2. The minimum absolute atomic E-state index is 0.0401. The number of carbonyl (C=O) groups excluding carboxylic acids is 1. The van der Waals surface area contributed by atoms with Crippen LogP contribution in [-0.2, 0) is 9.63 Å². The number of hydroxylamine groups is 1. The van der Waals surface area contributed by atoms with Crippen LogP contribution in [0.15, 0.2) is 18.2 Å². The summed E-state index contributed by atoms with van der Waals surface area (Å²) in [4.78, 5) is 34.6. The number of thiazole rings is 1. The van der Waals surface area contributed by atoms with Gasteiger partial charge in [-0.25, -0.2) is 20.1 Å². The quantitative estimate of drug-likeness (QED) is 0.499. The smallest absolute Gasteiger partial charge is 0.342 e. The zero-order valence-electron chi connectivity index (χ0n) is 10.9. The minimum atomic E-state index is -1.11. The molecule has 0 radical (unpaired) electrons. The van der Waals surface area contributed by atoms with Crippen LogP contribution < -0.4 is 5.48 Å². The van der Waals surface area contributed by atoms with Crippen molar-refractivity contribution in [2.24, 2.45) is 0 Å². The molecule has 8 heteroatoms. The summed E-state index contributed by atoms with van der Waals surface area (Å²) in [6.45, 7) is 5.83. The van der Waals surface area contributed by atoms with Crippen LogP contribution >= 0.6 is 11.3 Å². The Bertz CT molecular complexity index is 531. The lowest BCUT2D eigenvalue weighted by atomic mass is 9.97. The molecule has 2 heterocycles. The van der Waals surface area contributed by atoms with Crippen molar-refractivity contribution < 1.29 is 19.5 Å². The average Bonchev–Trinajstić information content (AvgIpc) is 2.87. The van der Waals surface area contributed by atoms with Crippen LogP contribution in [0, 0.1) is 0 Å². The molecule has 2 rings (SSSR count). The molecule has 1 aliphatic rings. The number of carboxylic acids is 1. The van der Waals surface area contributed by atoms with Gasteiger partial charge >= 0.3 is 12.0 Å². The zero-order valence-corrected chi connectivity index (χ0v) is 11.7. The largest absolute Gasteiger partial charge is 0.479 e. The van der Waals surface area contributed by atoms with E-state index in [1.165, 1.54) is 22.3 Å². The van der Waals surface area contributed by atoms with Gasteiger partial charge in [0.25, 0.3) is 0 Å². The van der Waals surface area contributed by atoms with Crippen molar-refractivity contribution in [1.82, 2.24) is 15.4 Å². The molecule has 0 saturated heterocycles. The number of rotatable bonds is 4. The SMILES string of the molecule is C=CCONC(=O)N1C[C@H](C)c2scnc2C1C(=O)O. The molecule has 1 aromatic rings. The first-order valence-electron chi connectivity index (χ1n) is 6.01. The lowest BCUT2D eigenvalue weighted by Gasteiger charge is -2.34. The number of aromatic nitrogens is 1. The number of urea groups is 1. The van der Waals surface area contributed by atoms with Crippen molar-refractivity contribution >= 4 is 23.3 Å². The molecule has 2 N–H and O–H groups in total. The summed E-state index contributed by atoms with van der Waals surface area (Å²) in [5, 5.41) is 9.37. The third-order valence-corrected chi connectivity index (χ3v) is 4.04. The molecule has 1 unspecified atom stereocenters. The second kappa shape index (κ2) is 6.02. The van der Waals surface area contributed by atoms with Gasteiger partial charge in [-0.15, -0.1) is 17.9 Å². The predicted molar refractivity (Wildman–Crippen MR) is 72.3 cm³/mol. The van der Waals surface area contributed by atoms with E-state index in [1.54, 1.807) is 5.51 Å². The summed E-state index contributed by atoms with van der Waals surface area (Å²) in [5.74, 6) is -1.07. The number of amides is 2. The van der Waals surface area contributed by atoms with Crippen LogP contribution in [-0.4, -0.2) is 40.1 Å². The first kappa shape index (κ1) is 14.5. The Hall–Kier alpha value is -1.93. The molecular formula is C12H15N3O4S. The Morgan fingerprint density at radius 3 is 3.15 bits per heavy atom. The van der Waals surface area contributed by atoms with Crippen LogP contribution in [0.5, 0.6) is 0 Å². The van der Waals surface area contributed by atoms with Gasteiger partial charge in [0.2, 0.25) is 0 Å². The number of hydrogen-bond acceptors (Lipinski definition) is 5. The van der Waals surface area contributed by atoms with E-state index in [2.05, 4.69) is 17.0 Å². The maximum Gasteiger partial charge on any atom is 0.342 e. The summed E-state index contributed by atoms with van der Waals surface area (Å²) in [7, 11) is 0. The molecule has 2 amide bonds. The number of carbonyl (C=O) groups is 2. The molecule has 0 aromatic carbocycles. The Labute approximate surface area is 119 Å².